The predicted octanol–water partition coefficient (Wildman–Crippen LogP) is 3.59. The number of aromatic nitrogens is 1. The number of fused-ring (bicyclic) bond motifs is 1. The van der Waals surface area contributed by atoms with Crippen molar-refractivity contribution in [3.05, 3.63) is 83.2 Å². The second-order valence-corrected chi connectivity index (χ2v) is 5.80. The molecule has 0 saturated carbocycles. The summed E-state index contributed by atoms with van der Waals surface area (Å²) in [5.41, 5.74) is 2.92. The summed E-state index contributed by atoms with van der Waals surface area (Å²) in [5.74, 6) is 0. The SMILES string of the molecule is [O-][n+]1c(CCCCNCc2ccccc2)ccc2ccccc21. The fourth-order valence-electron chi connectivity index (χ4n) is 2.79. The summed E-state index contributed by atoms with van der Waals surface area (Å²) >= 11 is 0. The third kappa shape index (κ3) is 4.08. The van der Waals surface area contributed by atoms with Gasteiger partial charge in [-0.2, -0.15) is 4.73 Å². The van der Waals surface area contributed by atoms with Gasteiger partial charge in [0.2, 0.25) is 5.52 Å². The van der Waals surface area contributed by atoms with Crippen LogP contribution >= 0.6 is 0 Å². The van der Waals surface area contributed by atoms with E-state index in [0.29, 0.717) is 0 Å². The standard InChI is InChI=1S/C20H22N2O/c23-22-19(14-13-18-10-4-5-12-20(18)22)11-6-7-15-21-16-17-8-2-1-3-9-17/h1-5,8-10,12-14,21H,6-7,11,15-16H2. The molecule has 0 aliphatic heterocycles. The van der Waals surface area contributed by atoms with Crippen LogP contribution < -0.4 is 10.0 Å². The predicted molar refractivity (Wildman–Crippen MR) is 94.0 cm³/mol. The van der Waals surface area contributed by atoms with Crippen molar-refractivity contribution < 1.29 is 4.73 Å². The van der Waals surface area contributed by atoms with Gasteiger partial charge in [-0.3, -0.25) is 0 Å². The Labute approximate surface area is 137 Å². The molecule has 23 heavy (non-hydrogen) atoms. The molecule has 3 rings (SSSR count). The van der Waals surface area contributed by atoms with Crippen LogP contribution in [-0.4, -0.2) is 6.54 Å². The van der Waals surface area contributed by atoms with Crippen LogP contribution in [0.2, 0.25) is 0 Å². The molecule has 1 N–H and O–H groups in total. The van der Waals surface area contributed by atoms with Crippen LogP contribution in [0.3, 0.4) is 0 Å². The van der Waals surface area contributed by atoms with E-state index in [-0.39, 0.29) is 0 Å². The van der Waals surface area contributed by atoms with Gasteiger partial charge < -0.3 is 10.5 Å². The van der Waals surface area contributed by atoms with Gasteiger partial charge in [-0.15, -0.1) is 0 Å². The number of hydrogen-bond acceptors (Lipinski definition) is 2. The molecular weight excluding hydrogens is 284 g/mol. The number of para-hydroxylation sites is 1. The average molecular weight is 306 g/mol. The number of nitrogens with one attached hydrogen (secondary N) is 1. The van der Waals surface area contributed by atoms with Crippen LogP contribution in [0.1, 0.15) is 24.1 Å². The van der Waals surface area contributed by atoms with E-state index in [0.717, 1.165) is 53.7 Å². The van der Waals surface area contributed by atoms with Gasteiger partial charge in [0, 0.05) is 30.5 Å². The number of nitrogens with zero attached hydrogens (tertiary/aromatic N) is 1. The summed E-state index contributed by atoms with van der Waals surface area (Å²) in [4.78, 5) is 0. The van der Waals surface area contributed by atoms with Crippen molar-refractivity contribution in [1.29, 1.82) is 0 Å². The van der Waals surface area contributed by atoms with Gasteiger partial charge in [-0.25, -0.2) is 0 Å². The maximum absolute atomic E-state index is 12.3. The second-order valence-electron chi connectivity index (χ2n) is 5.80. The molecule has 3 aromatic rings. The largest absolute Gasteiger partial charge is 0.618 e. The Morgan fingerprint density at radius 3 is 2.48 bits per heavy atom. The van der Waals surface area contributed by atoms with E-state index >= 15 is 0 Å². The molecule has 3 heteroatoms. The summed E-state index contributed by atoms with van der Waals surface area (Å²) in [6.07, 6.45) is 2.91. The van der Waals surface area contributed by atoms with E-state index in [1.54, 1.807) is 0 Å². The van der Waals surface area contributed by atoms with E-state index in [1.807, 2.05) is 42.5 Å². The Hall–Kier alpha value is -2.39. The fraction of sp³-hybridized carbons (Fsp3) is 0.250. The Balaban J connectivity index is 1.45. The molecule has 3 nitrogen and oxygen atoms in total. The van der Waals surface area contributed by atoms with Crippen LogP contribution in [0.5, 0.6) is 0 Å². The van der Waals surface area contributed by atoms with Crippen LogP contribution in [0.25, 0.3) is 10.9 Å². The summed E-state index contributed by atoms with van der Waals surface area (Å²) in [5, 5.41) is 16.8. The molecule has 0 radical (unpaired) electrons. The van der Waals surface area contributed by atoms with E-state index < -0.39 is 0 Å². The monoisotopic (exact) mass is 306 g/mol. The van der Waals surface area contributed by atoms with Crippen molar-refractivity contribution in [2.45, 2.75) is 25.8 Å². The van der Waals surface area contributed by atoms with Crippen molar-refractivity contribution in [2.75, 3.05) is 6.54 Å². The molecule has 0 bridgehead atoms. The molecule has 0 unspecified atom stereocenters. The molecule has 118 valence electrons. The lowest BCUT2D eigenvalue weighted by atomic mass is 10.1. The van der Waals surface area contributed by atoms with Gasteiger partial charge in [0.1, 0.15) is 0 Å². The Kier molecular flexibility index (Phi) is 5.22. The van der Waals surface area contributed by atoms with E-state index in [2.05, 4.69) is 29.6 Å². The zero-order chi connectivity index (χ0) is 15.9. The number of pyridine rings is 1. The molecule has 0 spiro atoms. The first-order valence-corrected chi connectivity index (χ1v) is 8.19. The summed E-state index contributed by atoms with van der Waals surface area (Å²) in [7, 11) is 0. The molecule has 0 aliphatic rings. The minimum atomic E-state index is 0.757. The summed E-state index contributed by atoms with van der Waals surface area (Å²) in [6, 6.07) is 22.1. The van der Waals surface area contributed by atoms with Crippen molar-refractivity contribution in [3.8, 4) is 0 Å². The summed E-state index contributed by atoms with van der Waals surface area (Å²) < 4.78 is 1.08. The molecule has 0 aliphatic carbocycles. The third-order valence-corrected chi connectivity index (χ3v) is 4.08. The number of rotatable bonds is 7. The highest BCUT2D eigenvalue weighted by molar-refractivity contribution is 5.75. The lowest BCUT2D eigenvalue weighted by molar-refractivity contribution is -0.586. The van der Waals surface area contributed by atoms with Gasteiger partial charge in [0.15, 0.2) is 5.69 Å². The van der Waals surface area contributed by atoms with E-state index in [1.165, 1.54) is 5.56 Å². The van der Waals surface area contributed by atoms with E-state index in [9.17, 15) is 5.21 Å². The minimum Gasteiger partial charge on any atom is -0.618 e. The Morgan fingerprint density at radius 2 is 1.61 bits per heavy atom. The Morgan fingerprint density at radius 1 is 0.826 bits per heavy atom. The number of hydrogen-bond donors (Lipinski definition) is 1. The molecular formula is C20H22N2O. The molecule has 2 aromatic carbocycles. The van der Waals surface area contributed by atoms with Crippen molar-refractivity contribution in [3.63, 3.8) is 0 Å². The quantitative estimate of drug-likeness (QED) is 0.411. The van der Waals surface area contributed by atoms with Crippen LogP contribution in [-0.2, 0) is 13.0 Å². The smallest absolute Gasteiger partial charge is 0.223 e. The molecule has 1 aromatic heterocycles. The highest BCUT2D eigenvalue weighted by Crippen LogP contribution is 2.11. The minimum absolute atomic E-state index is 0.757. The zero-order valence-electron chi connectivity index (χ0n) is 13.2. The first-order chi connectivity index (χ1) is 11.3. The highest BCUT2D eigenvalue weighted by atomic mass is 16.5. The Bertz CT molecular complexity index is 756. The number of benzene rings is 2. The highest BCUT2D eigenvalue weighted by Gasteiger charge is 2.09. The van der Waals surface area contributed by atoms with Crippen LogP contribution in [0.4, 0.5) is 0 Å². The van der Waals surface area contributed by atoms with Crippen molar-refractivity contribution in [2.24, 2.45) is 0 Å². The topological polar surface area (TPSA) is 39.0 Å². The zero-order valence-corrected chi connectivity index (χ0v) is 13.2. The van der Waals surface area contributed by atoms with Gasteiger partial charge >= 0.3 is 0 Å². The van der Waals surface area contributed by atoms with Gasteiger partial charge in [-0.1, -0.05) is 42.5 Å². The van der Waals surface area contributed by atoms with E-state index in [4.69, 9.17) is 0 Å². The second kappa shape index (κ2) is 7.75. The molecule has 0 amide bonds. The molecule has 0 fully saturated rings. The lowest BCUT2D eigenvalue weighted by Gasteiger charge is -2.08. The van der Waals surface area contributed by atoms with Crippen LogP contribution in [0, 0.1) is 5.21 Å². The molecule has 0 atom stereocenters. The fourth-order valence-corrected chi connectivity index (χ4v) is 2.79. The van der Waals surface area contributed by atoms with Gasteiger partial charge in [0.05, 0.1) is 0 Å². The lowest BCUT2D eigenvalue weighted by Crippen LogP contribution is -2.32. The van der Waals surface area contributed by atoms with Crippen molar-refractivity contribution in [1.82, 2.24) is 5.32 Å². The average Bonchev–Trinajstić information content (AvgIpc) is 2.61. The first-order valence-electron chi connectivity index (χ1n) is 8.19. The maximum Gasteiger partial charge on any atom is 0.223 e. The van der Waals surface area contributed by atoms with Crippen LogP contribution in [0.15, 0.2) is 66.7 Å². The normalized spacial score (nSPS) is 11.0. The first kappa shape index (κ1) is 15.5. The molecule has 0 saturated heterocycles. The maximum atomic E-state index is 12.3. The third-order valence-electron chi connectivity index (χ3n) is 4.08. The van der Waals surface area contributed by atoms with Gasteiger partial charge in [0.25, 0.3) is 0 Å². The van der Waals surface area contributed by atoms with Gasteiger partial charge in [-0.05, 0) is 37.1 Å². The number of aryl methyl sites for hydroxylation is 1. The molecule has 1 heterocycles. The summed E-state index contributed by atoms with van der Waals surface area (Å²) in [6.45, 7) is 1.87. The number of unbranched alkanes of at least 4 members (excludes halogenated alkanes) is 1. The van der Waals surface area contributed by atoms with Crippen molar-refractivity contribution >= 4 is 10.9 Å².